The summed E-state index contributed by atoms with van der Waals surface area (Å²) in [5.41, 5.74) is 2.84. The maximum atomic E-state index is 13.4. The molecule has 0 spiro atoms. The fourth-order valence-corrected chi connectivity index (χ4v) is 4.81. The topological polar surface area (TPSA) is 78.6 Å². The van der Waals surface area contributed by atoms with Crippen LogP contribution in [0, 0.1) is 5.82 Å². The van der Waals surface area contributed by atoms with Gasteiger partial charge in [0.1, 0.15) is 11.3 Å². The number of amides is 1. The Morgan fingerprint density at radius 2 is 1.71 bits per heavy atom. The first-order chi connectivity index (χ1) is 16.1. The van der Waals surface area contributed by atoms with Crippen molar-refractivity contribution in [2.75, 3.05) is 0 Å². The summed E-state index contributed by atoms with van der Waals surface area (Å²) in [6.07, 6.45) is 4.03. The van der Waals surface area contributed by atoms with E-state index in [2.05, 4.69) is 4.98 Å². The van der Waals surface area contributed by atoms with E-state index < -0.39 is 0 Å². The molecule has 0 fully saturated rings. The third kappa shape index (κ3) is 4.18. The van der Waals surface area contributed by atoms with Crippen LogP contribution in [0.3, 0.4) is 0 Å². The van der Waals surface area contributed by atoms with Gasteiger partial charge in [-0.2, -0.15) is 0 Å². The van der Waals surface area contributed by atoms with E-state index in [-0.39, 0.29) is 47.2 Å². The summed E-state index contributed by atoms with van der Waals surface area (Å²) in [4.78, 5) is 19.8. The number of rotatable bonds is 6. The third-order valence-electron chi connectivity index (χ3n) is 6.26. The molecule has 4 rings (SSSR count). The number of hydrogen-bond acceptors (Lipinski definition) is 4. The monoisotopic (exact) mass is 463 g/mol. The lowest BCUT2D eigenvalue weighted by molar-refractivity contribution is -0.133. The molecular weight excluding hydrogens is 433 g/mol. The number of aromatic hydroxyl groups is 2. The van der Waals surface area contributed by atoms with Crippen LogP contribution in [0.15, 0.2) is 42.7 Å². The second-order valence-corrected chi connectivity index (χ2v) is 9.39. The van der Waals surface area contributed by atoms with Gasteiger partial charge in [-0.1, -0.05) is 12.1 Å². The summed E-state index contributed by atoms with van der Waals surface area (Å²) in [5.74, 6) is -0.523. The molecule has 178 valence electrons. The zero-order valence-corrected chi connectivity index (χ0v) is 20.1. The smallest absolute Gasteiger partial charge is 0.227 e. The van der Waals surface area contributed by atoms with Crippen LogP contribution >= 0.6 is 0 Å². The molecule has 2 aromatic carbocycles. The molecule has 7 heteroatoms. The molecule has 0 aliphatic carbocycles. The molecule has 34 heavy (non-hydrogen) atoms. The molecule has 0 unspecified atom stereocenters. The minimum Gasteiger partial charge on any atom is -0.505 e. The highest BCUT2D eigenvalue weighted by Gasteiger charge is 2.25. The summed E-state index contributed by atoms with van der Waals surface area (Å²) >= 11 is 0. The second-order valence-electron chi connectivity index (χ2n) is 9.39. The molecule has 2 N–H and O–H groups in total. The van der Waals surface area contributed by atoms with Crippen LogP contribution in [0.2, 0.25) is 0 Å². The van der Waals surface area contributed by atoms with Crippen molar-refractivity contribution >= 4 is 27.6 Å². The zero-order chi connectivity index (χ0) is 24.7. The van der Waals surface area contributed by atoms with Gasteiger partial charge < -0.3 is 19.7 Å². The van der Waals surface area contributed by atoms with Crippen LogP contribution in [0.1, 0.15) is 44.4 Å². The largest absolute Gasteiger partial charge is 0.505 e. The molecule has 0 radical (unpaired) electrons. The van der Waals surface area contributed by atoms with Crippen LogP contribution < -0.4 is 0 Å². The summed E-state index contributed by atoms with van der Waals surface area (Å²) in [7, 11) is 1.69. The number of aromatic nitrogens is 2. The summed E-state index contributed by atoms with van der Waals surface area (Å²) in [6, 6.07) is 8.27. The fraction of sp³-hybridized carbons (Fsp3) is 0.333. The molecular formula is C27H30FN3O3. The number of carbonyl (C=O) groups is 1. The van der Waals surface area contributed by atoms with Crippen LogP contribution in [0.5, 0.6) is 11.6 Å². The highest BCUT2D eigenvalue weighted by molar-refractivity contribution is 6.10. The Labute approximate surface area is 198 Å². The van der Waals surface area contributed by atoms with E-state index in [9.17, 15) is 19.4 Å². The zero-order valence-electron chi connectivity index (χ0n) is 20.1. The highest BCUT2D eigenvalue weighted by atomic mass is 19.1. The molecule has 0 aliphatic heterocycles. The first kappa shape index (κ1) is 23.5. The molecule has 2 heterocycles. The number of halogens is 1. The lowest BCUT2D eigenvalue weighted by atomic mass is 9.95. The van der Waals surface area contributed by atoms with Crippen LogP contribution in [0.25, 0.3) is 21.7 Å². The quantitative estimate of drug-likeness (QED) is 0.419. The summed E-state index contributed by atoms with van der Waals surface area (Å²) in [6.45, 7) is 7.94. The van der Waals surface area contributed by atoms with Crippen molar-refractivity contribution in [2.24, 2.45) is 7.05 Å². The van der Waals surface area contributed by atoms with Crippen molar-refractivity contribution in [1.82, 2.24) is 14.5 Å². The third-order valence-corrected chi connectivity index (χ3v) is 6.26. The lowest BCUT2D eigenvalue weighted by Gasteiger charge is -2.31. The predicted octanol–water partition coefficient (Wildman–Crippen LogP) is 5.06. The Hall–Kier alpha value is -3.61. The predicted molar refractivity (Wildman–Crippen MR) is 132 cm³/mol. The Balaban J connectivity index is 1.90. The molecule has 0 aliphatic rings. The van der Waals surface area contributed by atoms with Crippen LogP contribution in [-0.4, -0.2) is 42.7 Å². The van der Waals surface area contributed by atoms with E-state index in [1.807, 2.05) is 38.7 Å². The first-order valence-electron chi connectivity index (χ1n) is 11.4. The molecule has 0 saturated carbocycles. The Morgan fingerprint density at radius 3 is 2.32 bits per heavy atom. The molecule has 1 amide bonds. The van der Waals surface area contributed by atoms with Gasteiger partial charge in [-0.3, -0.25) is 9.78 Å². The van der Waals surface area contributed by atoms with E-state index in [0.29, 0.717) is 28.3 Å². The molecule has 2 aromatic heterocycles. The van der Waals surface area contributed by atoms with Gasteiger partial charge >= 0.3 is 0 Å². The number of phenolic OH excluding ortho intramolecular Hbond substituents is 1. The van der Waals surface area contributed by atoms with Gasteiger partial charge in [-0.15, -0.1) is 0 Å². The Bertz CT molecular complexity index is 1370. The first-order valence-corrected chi connectivity index (χ1v) is 11.4. The van der Waals surface area contributed by atoms with Gasteiger partial charge in [0.2, 0.25) is 11.8 Å². The number of fused-ring (bicyclic) bond motifs is 2. The van der Waals surface area contributed by atoms with E-state index in [1.54, 1.807) is 31.6 Å². The maximum Gasteiger partial charge on any atom is 0.227 e. The lowest BCUT2D eigenvalue weighted by Crippen LogP contribution is -2.42. The van der Waals surface area contributed by atoms with Gasteiger partial charge in [0.15, 0.2) is 5.75 Å². The van der Waals surface area contributed by atoms with Gasteiger partial charge in [0.25, 0.3) is 0 Å². The summed E-state index contributed by atoms with van der Waals surface area (Å²) < 4.78 is 14.8. The molecule has 6 nitrogen and oxygen atoms in total. The normalized spacial score (nSPS) is 11.8. The van der Waals surface area contributed by atoms with Crippen molar-refractivity contribution in [2.45, 2.75) is 52.6 Å². The molecule has 4 aromatic rings. The van der Waals surface area contributed by atoms with Gasteiger partial charge in [-0.05, 0) is 69.0 Å². The van der Waals surface area contributed by atoms with Crippen molar-refractivity contribution in [3.8, 4) is 11.6 Å². The number of hydrogen-bond donors (Lipinski definition) is 2. The number of nitrogens with zero attached hydrogens (tertiary/aromatic N) is 3. The molecule has 0 atom stereocenters. The number of phenols is 1. The Kier molecular flexibility index (Phi) is 6.21. The highest BCUT2D eigenvalue weighted by Crippen LogP contribution is 2.42. The second kappa shape index (κ2) is 8.97. The Morgan fingerprint density at radius 1 is 1.06 bits per heavy atom. The SMILES string of the molecule is CC(C)N(C(=O)Cc1c2cc(Cc3ccc(F)cc3)cnc2c(O)c2c(O)n(C)cc12)C(C)C. The van der Waals surface area contributed by atoms with Gasteiger partial charge in [-0.25, -0.2) is 4.39 Å². The van der Waals surface area contributed by atoms with Crippen LogP contribution in [-0.2, 0) is 24.7 Å². The average molecular weight is 464 g/mol. The van der Waals surface area contributed by atoms with Gasteiger partial charge in [0, 0.05) is 42.3 Å². The summed E-state index contributed by atoms with van der Waals surface area (Å²) in [5, 5.41) is 23.2. The molecule has 0 saturated heterocycles. The number of benzene rings is 2. The van der Waals surface area contributed by atoms with Crippen molar-refractivity contribution in [3.05, 3.63) is 65.2 Å². The maximum absolute atomic E-state index is 13.4. The molecule has 0 bridgehead atoms. The van der Waals surface area contributed by atoms with Crippen LogP contribution in [0.4, 0.5) is 4.39 Å². The van der Waals surface area contributed by atoms with E-state index in [1.165, 1.54) is 16.7 Å². The minimum atomic E-state index is -0.294. The van der Waals surface area contributed by atoms with Crippen molar-refractivity contribution < 1.29 is 19.4 Å². The van der Waals surface area contributed by atoms with Crippen molar-refractivity contribution in [3.63, 3.8) is 0 Å². The average Bonchev–Trinajstić information content (AvgIpc) is 3.06. The fourth-order valence-electron chi connectivity index (χ4n) is 4.81. The van der Waals surface area contributed by atoms with E-state index in [4.69, 9.17) is 0 Å². The van der Waals surface area contributed by atoms with E-state index >= 15 is 0 Å². The number of pyridine rings is 1. The van der Waals surface area contributed by atoms with Gasteiger partial charge in [0.05, 0.1) is 11.8 Å². The van der Waals surface area contributed by atoms with Crippen molar-refractivity contribution in [1.29, 1.82) is 0 Å². The minimum absolute atomic E-state index is 0.0303. The standard InChI is InChI=1S/C27H30FN3O3/c1-15(2)31(16(3)4)23(32)12-20-21-11-18(10-17-6-8-19(28)9-7-17)13-29-25(21)26(33)24-22(20)14-30(5)27(24)34/h6-9,11,13-16,33-34H,10,12H2,1-5H3. The number of carbonyl (C=O) groups excluding carboxylic acids is 1. The number of aryl methyl sites for hydroxylation is 1. The van der Waals surface area contributed by atoms with E-state index in [0.717, 1.165) is 11.1 Å².